The van der Waals surface area contributed by atoms with Gasteiger partial charge in [0, 0.05) is 18.3 Å². The average Bonchev–Trinajstić information content (AvgIpc) is 2.38. The van der Waals surface area contributed by atoms with E-state index in [9.17, 15) is 4.79 Å². The van der Waals surface area contributed by atoms with Crippen molar-refractivity contribution in [2.45, 2.75) is 26.3 Å². The summed E-state index contributed by atoms with van der Waals surface area (Å²) in [5, 5.41) is 6.41. The predicted octanol–water partition coefficient (Wildman–Crippen LogP) is 3.85. The molecule has 1 rings (SSSR count). The summed E-state index contributed by atoms with van der Waals surface area (Å²) in [6.45, 7) is 5.86. The van der Waals surface area contributed by atoms with Gasteiger partial charge in [0.1, 0.15) is 0 Å². The van der Waals surface area contributed by atoms with Crippen LogP contribution < -0.4 is 10.6 Å². The summed E-state index contributed by atoms with van der Waals surface area (Å²) < 4.78 is 0. The number of amides is 2. The quantitative estimate of drug-likeness (QED) is 0.783. The molecule has 0 atom stereocenters. The molecule has 0 aliphatic heterocycles. The molecule has 0 saturated carbocycles. The molecular weight excluding hydrogens is 297 g/mol. The van der Waals surface area contributed by atoms with Crippen LogP contribution in [0.25, 0.3) is 0 Å². The molecule has 20 heavy (non-hydrogen) atoms. The highest BCUT2D eigenvalue weighted by Gasteiger charge is 2.05. The Morgan fingerprint density at radius 1 is 1.30 bits per heavy atom. The third-order valence-electron chi connectivity index (χ3n) is 3.03. The van der Waals surface area contributed by atoms with Crippen LogP contribution in [0.3, 0.4) is 0 Å². The number of carbonyl (C=O) groups is 1. The molecule has 0 unspecified atom stereocenters. The highest BCUT2D eigenvalue weighted by molar-refractivity contribution is 6.42. The van der Waals surface area contributed by atoms with Crippen LogP contribution in [0.2, 0.25) is 10.0 Å². The molecule has 1 aromatic rings. The molecule has 112 valence electrons. The molecule has 0 aliphatic rings. The number of urea groups is 1. The van der Waals surface area contributed by atoms with Crippen molar-refractivity contribution in [1.82, 2.24) is 10.2 Å². The molecule has 1 aromatic carbocycles. The molecule has 0 saturated heterocycles. The highest BCUT2D eigenvalue weighted by Crippen LogP contribution is 2.24. The van der Waals surface area contributed by atoms with E-state index in [1.807, 2.05) is 0 Å². The van der Waals surface area contributed by atoms with Crippen LogP contribution in [0.5, 0.6) is 0 Å². The number of carbonyl (C=O) groups excluding carboxylic acids is 1. The summed E-state index contributed by atoms with van der Waals surface area (Å²) in [5.41, 5.74) is 0.621. The molecule has 0 radical (unpaired) electrons. The van der Waals surface area contributed by atoms with E-state index in [0.29, 0.717) is 28.3 Å². The third kappa shape index (κ3) is 5.99. The van der Waals surface area contributed by atoms with Gasteiger partial charge in [-0.1, -0.05) is 23.2 Å². The fraction of sp³-hybridized carbons (Fsp3) is 0.500. The van der Waals surface area contributed by atoms with Gasteiger partial charge in [0.15, 0.2) is 0 Å². The highest BCUT2D eigenvalue weighted by atomic mass is 35.5. The van der Waals surface area contributed by atoms with Gasteiger partial charge in [0.05, 0.1) is 10.0 Å². The van der Waals surface area contributed by atoms with Gasteiger partial charge in [-0.25, -0.2) is 4.79 Å². The Kier molecular flexibility index (Phi) is 7.13. The summed E-state index contributed by atoms with van der Waals surface area (Å²) >= 11 is 11.7. The number of nitrogens with zero attached hydrogens (tertiary/aromatic N) is 1. The van der Waals surface area contributed by atoms with Crippen molar-refractivity contribution in [2.75, 3.05) is 25.5 Å². The second kappa shape index (κ2) is 8.35. The molecule has 4 nitrogen and oxygen atoms in total. The Bertz CT molecular complexity index is 452. The number of nitrogens with one attached hydrogen (secondary N) is 2. The first-order chi connectivity index (χ1) is 9.40. The van der Waals surface area contributed by atoms with Crippen molar-refractivity contribution in [3.05, 3.63) is 28.2 Å². The topological polar surface area (TPSA) is 44.4 Å². The van der Waals surface area contributed by atoms with E-state index in [2.05, 4.69) is 36.4 Å². The second-order valence-corrected chi connectivity index (χ2v) is 5.75. The lowest BCUT2D eigenvalue weighted by Crippen LogP contribution is -2.33. The molecule has 2 N–H and O–H groups in total. The van der Waals surface area contributed by atoms with Gasteiger partial charge < -0.3 is 15.5 Å². The summed E-state index contributed by atoms with van der Waals surface area (Å²) in [5.74, 6) is 0. The first kappa shape index (κ1) is 17.1. The number of anilines is 1. The van der Waals surface area contributed by atoms with E-state index in [-0.39, 0.29) is 6.03 Å². The van der Waals surface area contributed by atoms with Gasteiger partial charge in [-0.2, -0.15) is 0 Å². The van der Waals surface area contributed by atoms with Crippen LogP contribution in [-0.4, -0.2) is 37.1 Å². The van der Waals surface area contributed by atoms with E-state index in [1.165, 1.54) is 0 Å². The summed E-state index contributed by atoms with van der Waals surface area (Å²) in [4.78, 5) is 13.9. The maximum atomic E-state index is 11.7. The first-order valence-electron chi connectivity index (χ1n) is 6.60. The molecule has 0 spiro atoms. The minimum Gasteiger partial charge on any atom is -0.338 e. The standard InChI is InChI=1S/C14H21Cl2N3O/c1-10(2)19(3)8-4-7-17-14(20)18-11-5-6-12(15)13(16)9-11/h5-6,9-10H,4,7-8H2,1-3H3,(H2,17,18,20). The van der Waals surface area contributed by atoms with Crippen LogP contribution in [-0.2, 0) is 0 Å². The largest absolute Gasteiger partial charge is 0.338 e. The molecule has 0 aromatic heterocycles. The lowest BCUT2D eigenvalue weighted by Gasteiger charge is -2.20. The van der Waals surface area contributed by atoms with Crippen LogP contribution >= 0.6 is 23.2 Å². The first-order valence-corrected chi connectivity index (χ1v) is 7.36. The van der Waals surface area contributed by atoms with Crippen LogP contribution in [0.4, 0.5) is 10.5 Å². The Morgan fingerprint density at radius 2 is 2.00 bits per heavy atom. The smallest absolute Gasteiger partial charge is 0.319 e. The summed E-state index contributed by atoms with van der Waals surface area (Å²) in [6.07, 6.45) is 0.906. The molecule has 0 fully saturated rings. The molecule has 0 bridgehead atoms. The van der Waals surface area contributed by atoms with E-state index in [0.717, 1.165) is 13.0 Å². The predicted molar refractivity (Wildman–Crippen MR) is 85.9 cm³/mol. The van der Waals surface area contributed by atoms with Crippen molar-refractivity contribution in [1.29, 1.82) is 0 Å². The Morgan fingerprint density at radius 3 is 2.60 bits per heavy atom. The van der Waals surface area contributed by atoms with Gasteiger partial charge in [0.25, 0.3) is 0 Å². The average molecular weight is 318 g/mol. The van der Waals surface area contributed by atoms with Gasteiger partial charge in [-0.3, -0.25) is 0 Å². The Labute approximate surface area is 130 Å². The van der Waals surface area contributed by atoms with Crippen LogP contribution in [0.1, 0.15) is 20.3 Å². The zero-order valence-electron chi connectivity index (χ0n) is 12.0. The van der Waals surface area contributed by atoms with Crippen molar-refractivity contribution in [3.8, 4) is 0 Å². The third-order valence-corrected chi connectivity index (χ3v) is 3.77. The van der Waals surface area contributed by atoms with E-state index in [1.54, 1.807) is 18.2 Å². The van der Waals surface area contributed by atoms with Crippen molar-refractivity contribution in [3.63, 3.8) is 0 Å². The minimum absolute atomic E-state index is 0.240. The number of halogens is 2. The molecule has 0 heterocycles. The fourth-order valence-corrected chi connectivity index (χ4v) is 1.84. The molecule has 6 heteroatoms. The van der Waals surface area contributed by atoms with E-state index < -0.39 is 0 Å². The SMILES string of the molecule is CC(C)N(C)CCCNC(=O)Nc1ccc(Cl)c(Cl)c1. The van der Waals surface area contributed by atoms with E-state index in [4.69, 9.17) is 23.2 Å². The number of rotatable bonds is 6. The lowest BCUT2D eigenvalue weighted by molar-refractivity contribution is 0.248. The normalized spacial score (nSPS) is 10.9. The number of benzene rings is 1. The van der Waals surface area contributed by atoms with Crippen molar-refractivity contribution < 1.29 is 4.79 Å². The van der Waals surface area contributed by atoms with Gasteiger partial charge in [0.2, 0.25) is 0 Å². The molecule has 0 aliphatic carbocycles. The maximum absolute atomic E-state index is 11.7. The minimum atomic E-state index is -0.240. The van der Waals surface area contributed by atoms with Gasteiger partial charge >= 0.3 is 6.03 Å². The Hall–Kier alpha value is -0.970. The maximum Gasteiger partial charge on any atom is 0.319 e. The summed E-state index contributed by atoms with van der Waals surface area (Å²) in [6, 6.07) is 5.25. The number of hydrogen-bond donors (Lipinski definition) is 2. The van der Waals surface area contributed by atoms with Gasteiger partial charge in [-0.05, 0) is 52.1 Å². The molecule has 2 amide bonds. The lowest BCUT2D eigenvalue weighted by atomic mass is 10.3. The van der Waals surface area contributed by atoms with Crippen LogP contribution in [0, 0.1) is 0 Å². The second-order valence-electron chi connectivity index (χ2n) is 4.94. The van der Waals surface area contributed by atoms with Crippen molar-refractivity contribution in [2.24, 2.45) is 0 Å². The van der Waals surface area contributed by atoms with Crippen molar-refractivity contribution >= 4 is 34.9 Å². The zero-order valence-corrected chi connectivity index (χ0v) is 13.6. The fourth-order valence-electron chi connectivity index (χ4n) is 1.54. The number of hydrogen-bond acceptors (Lipinski definition) is 2. The van der Waals surface area contributed by atoms with Crippen LogP contribution in [0.15, 0.2) is 18.2 Å². The molecular formula is C14H21Cl2N3O. The Balaban J connectivity index is 2.28. The van der Waals surface area contributed by atoms with E-state index >= 15 is 0 Å². The summed E-state index contributed by atoms with van der Waals surface area (Å²) in [7, 11) is 2.07. The zero-order chi connectivity index (χ0) is 15.1. The van der Waals surface area contributed by atoms with Gasteiger partial charge in [-0.15, -0.1) is 0 Å². The monoisotopic (exact) mass is 317 g/mol.